The number of carboxylic acid groups (broad SMARTS) is 1. The highest BCUT2D eigenvalue weighted by molar-refractivity contribution is 5.88. The first-order chi connectivity index (χ1) is 12.1. The van der Waals surface area contributed by atoms with E-state index in [0.29, 0.717) is 24.6 Å². The number of aromatic nitrogens is 3. The predicted molar refractivity (Wildman–Crippen MR) is 90.0 cm³/mol. The largest absolute Gasteiger partial charge is 0.478 e. The molecule has 3 aromatic rings. The van der Waals surface area contributed by atoms with Gasteiger partial charge in [0, 0.05) is 18.7 Å². The number of hydrogen-bond acceptors (Lipinski definition) is 5. The normalized spacial score (nSPS) is 14.4. The molecule has 0 radical (unpaired) electrons. The van der Waals surface area contributed by atoms with Crippen molar-refractivity contribution in [2.75, 3.05) is 6.54 Å². The van der Waals surface area contributed by atoms with Gasteiger partial charge in [-0.3, -0.25) is 4.90 Å². The number of aryl methyl sites for hydroxylation is 1. The Morgan fingerprint density at radius 1 is 1.24 bits per heavy atom. The van der Waals surface area contributed by atoms with Gasteiger partial charge in [0.25, 0.3) is 0 Å². The third-order valence-corrected chi connectivity index (χ3v) is 4.44. The average Bonchev–Trinajstić information content (AvgIpc) is 3.19. The lowest BCUT2D eigenvalue weighted by molar-refractivity contribution is 0.0695. The third kappa shape index (κ3) is 2.94. The van der Waals surface area contributed by atoms with Crippen LogP contribution in [0.1, 0.15) is 27.7 Å². The van der Waals surface area contributed by atoms with Crippen LogP contribution < -0.4 is 0 Å². The Labute approximate surface area is 144 Å². The van der Waals surface area contributed by atoms with Gasteiger partial charge in [0.05, 0.1) is 13.1 Å². The Morgan fingerprint density at radius 2 is 2.04 bits per heavy atom. The predicted octanol–water partition coefficient (Wildman–Crippen LogP) is 2.56. The van der Waals surface area contributed by atoms with E-state index in [1.54, 1.807) is 13.0 Å². The van der Waals surface area contributed by atoms with E-state index >= 15 is 0 Å². The fourth-order valence-electron chi connectivity index (χ4n) is 3.20. The van der Waals surface area contributed by atoms with E-state index in [1.807, 2.05) is 30.3 Å². The van der Waals surface area contributed by atoms with Crippen LogP contribution in [0.3, 0.4) is 0 Å². The highest BCUT2D eigenvalue weighted by atomic mass is 16.4. The molecule has 2 aromatic heterocycles. The molecule has 0 atom stereocenters. The number of furan rings is 1. The monoisotopic (exact) mass is 338 g/mol. The minimum atomic E-state index is -0.960. The summed E-state index contributed by atoms with van der Waals surface area (Å²) in [5, 5.41) is 17.8. The van der Waals surface area contributed by atoms with Crippen LogP contribution in [0.25, 0.3) is 11.4 Å². The number of carboxylic acids is 1. The van der Waals surface area contributed by atoms with Crippen LogP contribution in [0.4, 0.5) is 0 Å². The zero-order valence-corrected chi connectivity index (χ0v) is 13.8. The van der Waals surface area contributed by atoms with E-state index < -0.39 is 5.97 Å². The highest BCUT2D eigenvalue weighted by Crippen LogP contribution is 2.23. The van der Waals surface area contributed by atoms with Crippen LogP contribution in [0.2, 0.25) is 0 Å². The van der Waals surface area contributed by atoms with Crippen molar-refractivity contribution in [1.82, 2.24) is 19.7 Å². The number of aromatic carboxylic acids is 1. The van der Waals surface area contributed by atoms with E-state index in [1.165, 1.54) is 0 Å². The maximum atomic E-state index is 11.1. The van der Waals surface area contributed by atoms with Crippen molar-refractivity contribution in [3.05, 3.63) is 59.3 Å². The second kappa shape index (κ2) is 6.18. The zero-order chi connectivity index (χ0) is 17.4. The summed E-state index contributed by atoms with van der Waals surface area (Å²) < 4.78 is 7.72. The SMILES string of the molecule is Cc1oc(CN2CCn3c(nnc3-c3ccccc3)C2)cc1C(=O)O. The summed E-state index contributed by atoms with van der Waals surface area (Å²) >= 11 is 0. The number of carbonyl (C=O) groups is 1. The van der Waals surface area contributed by atoms with E-state index in [-0.39, 0.29) is 5.56 Å². The van der Waals surface area contributed by atoms with Crippen molar-refractivity contribution >= 4 is 5.97 Å². The summed E-state index contributed by atoms with van der Waals surface area (Å²) in [7, 11) is 0. The van der Waals surface area contributed by atoms with Gasteiger partial charge in [-0.25, -0.2) is 4.79 Å². The molecule has 0 saturated heterocycles. The van der Waals surface area contributed by atoms with E-state index in [2.05, 4.69) is 19.7 Å². The smallest absolute Gasteiger partial charge is 0.339 e. The second-order valence-electron chi connectivity index (χ2n) is 6.16. The Morgan fingerprint density at radius 3 is 2.76 bits per heavy atom. The number of rotatable bonds is 4. The van der Waals surface area contributed by atoms with Crippen molar-refractivity contribution < 1.29 is 14.3 Å². The molecular formula is C18H18N4O3. The second-order valence-corrected chi connectivity index (χ2v) is 6.16. The zero-order valence-electron chi connectivity index (χ0n) is 13.8. The van der Waals surface area contributed by atoms with Crippen molar-refractivity contribution in [1.29, 1.82) is 0 Å². The Kier molecular flexibility index (Phi) is 3.85. The molecule has 0 saturated carbocycles. The minimum Gasteiger partial charge on any atom is -0.478 e. The van der Waals surface area contributed by atoms with E-state index in [4.69, 9.17) is 9.52 Å². The lowest BCUT2D eigenvalue weighted by Crippen LogP contribution is -2.33. The van der Waals surface area contributed by atoms with Crippen molar-refractivity contribution in [3.63, 3.8) is 0 Å². The molecule has 0 unspecified atom stereocenters. The third-order valence-electron chi connectivity index (χ3n) is 4.44. The summed E-state index contributed by atoms with van der Waals surface area (Å²) in [5.74, 6) is 1.93. The van der Waals surface area contributed by atoms with Gasteiger partial charge in [-0.1, -0.05) is 30.3 Å². The van der Waals surface area contributed by atoms with Crippen molar-refractivity contribution in [2.24, 2.45) is 0 Å². The number of fused-ring (bicyclic) bond motifs is 1. The molecule has 1 aliphatic heterocycles. The molecule has 1 N–H and O–H groups in total. The number of benzene rings is 1. The highest BCUT2D eigenvalue weighted by Gasteiger charge is 2.23. The van der Waals surface area contributed by atoms with Gasteiger partial charge >= 0.3 is 5.97 Å². The molecule has 7 heteroatoms. The van der Waals surface area contributed by atoms with Gasteiger partial charge in [-0.2, -0.15) is 0 Å². The maximum Gasteiger partial charge on any atom is 0.339 e. The molecule has 7 nitrogen and oxygen atoms in total. The molecule has 4 rings (SSSR count). The molecule has 128 valence electrons. The molecule has 0 amide bonds. The van der Waals surface area contributed by atoms with Crippen LogP contribution >= 0.6 is 0 Å². The van der Waals surface area contributed by atoms with Crippen molar-refractivity contribution in [2.45, 2.75) is 26.6 Å². The van der Waals surface area contributed by atoms with Gasteiger partial charge in [-0.05, 0) is 13.0 Å². The summed E-state index contributed by atoms with van der Waals surface area (Å²) in [5.41, 5.74) is 1.28. The van der Waals surface area contributed by atoms with E-state index in [9.17, 15) is 4.79 Å². The van der Waals surface area contributed by atoms with Crippen molar-refractivity contribution in [3.8, 4) is 11.4 Å². The Bertz CT molecular complexity index is 914. The molecule has 0 aliphatic carbocycles. The van der Waals surface area contributed by atoms with Crippen LogP contribution in [0.5, 0.6) is 0 Å². The topological polar surface area (TPSA) is 84.4 Å². The minimum absolute atomic E-state index is 0.224. The van der Waals surface area contributed by atoms with E-state index in [0.717, 1.165) is 30.3 Å². The molecule has 3 heterocycles. The first-order valence-electron chi connectivity index (χ1n) is 8.14. The fourth-order valence-corrected chi connectivity index (χ4v) is 3.20. The molecule has 0 bridgehead atoms. The van der Waals surface area contributed by atoms with Gasteiger partial charge in [0.2, 0.25) is 0 Å². The lowest BCUT2D eigenvalue weighted by atomic mass is 10.2. The summed E-state index contributed by atoms with van der Waals surface area (Å²) in [6, 6.07) is 11.6. The van der Waals surface area contributed by atoms with Gasteiger partial charge in [-0.15, -0.1) is 10.2 Å². The quantitative estimate of drug-likeness (QED) is 0.787. The summed E-state index contributed by atoms with van der Waals surface area (Å²) in [4.78, 5) is 13.3. The van der Waals surface area contributed by atoms with Gasteiger partial charge < -0.3 is 14.1 Å². The van der Waals surface area contributed by atoms with Crippen LogP contribution in [-0.2, 0) is 19.6 Å². The lowest BCUT2D eigenvalue weighted by Gasteiger charge is -2.26. The number of hydrogen-bond donors (Lipinski definition) is 1. The Hall–Kier alpha value is -2.93. The van der Waals surface area contributed by atoms with Crippen LogP contribution in [-0.4, -0.2) is 37.3 Å². The first-order valence-corrected chi connectivity index (χ1v) is 8.14. The number of nitrogens with zero attached hydrogens (tertiary/aromatic N) is 4. The first kappa shape index (κ1) is 15.6. The summed E-state index contributed by atoms with van der Waals surface area (Å²) in [6.45, 7) is 4.50. The summed E-state index contributed by atoms with van der Waals surface area (Å²) in [6.07, 6.45) is 0. The fraction of sp³-hybridized carbons (Fsp3) is 0.278. The molecule has 1 aromatic carbocycles. The molecule has 25 heavy (non-hydrogen) atoms. The molecular weight excluding hydrogens is 320 g/mol. The Balaban J connectivity index is 1.51. The van der Waals surface area contributed by atoms with Gasteiger partial charge in [0.15, 0.2) is 5.82 Å². The maximum absolute atomic E-state index is 11.1. The average molecular weight is 338 g/mol. The molecule has 0 fully saturated rings. The van der Waals surface area contributed by atoms with Crippen LogP contribution in [0.15, 0.2) is 40.8 Å². The van der Waals surface area contributed by atoms with Gasteiger partial charge in [0.1, 0.15) is 22.9 Å². The van der Waals surface area contributed by atoms with Crippen LogP contribution in [0, 0.1) is 6.92 Å². The standard InChI is InChI=1S/C18H18N4O3/c1-12-15(18(23)24)9-14(25-12)10-21-7-8-22-16(11-21)19-20-17(22)13-5-3-2-4-6-13/h2-6,9H,7-8,10-11H2,1H3,(H,23,24). The molecule has 1 aliphatic rings. The molecule has 0 spiro atoms.